The van der Waals surface area contributed by atoms with Crippen LogP contribution in [0.4, 0.5) is 0 Å². The van der Waals surface area contributed by atoms with E-state index in [4.69, 9.17) is 0 Å². The Morgan fingerprint density at radius 3 is 2.50 bits per heavy atom. The molecular formula is C14H27BrS. The van der Waals surface area contributed by atoms with Crippen molar-refractivity contribution in [1.82, 2.24) is 0 Å². The van der Waals surface area contributed by atoms with Gasteiger partial charge in [0.05, 0.1) is 0 Å². The summed E-state index contributed by atoms with van der Waals surface area (Å²) in [7, 11) is 0. The fourth-order valence-electron chi connectivity index (χ4n) is 2.84. The summed E-state index contributed by atoms with van der Waals surface area (Å²) in [5.74, 6) is 2.38. The van der Waals surface area contributed by atoms with Gasteiger partial charge in [-0.3, -0.25) is 0 Å². The van der Waals surface area contributed by atoms with E-state index >= 15 is 0 Å². The van der Waals surface area contributed by atoms with E-state index in [9.17, 15) is 0 Å². The predicted octanol–water partition coefficient (Wildman–Crippen LogP) is 5.50. The molecular weight excluding hydrogens is 280 g/mol. The Hall–Kier alpha value is 0.830. The van der Waals surface area contributed by atoms with Crippen molar-refractivity contribution in [3.63, 3.8) is 0 Å². The van der Waals surface area contributed by atoms with Crippen LogP contribution in [-0.2, 0) is 0 Å². The van der Waals surface area contributed by atoms with Crippen LogP contribution in [0.25, 0.3) is 0 Å². The van der Waals surface area contributed by atoms with Gasteiger partial charge in [-0.1, -0.05) is 42.1 Å². The number of alkyl halides is 1. The van der Waals surface area contributed by atoms with E-state index in [0.29, 0.717) is 5.41 Å². The maximum atomic E-state index is 3.76. The Balaban J connectivity index is 2.31. The Bertz CT molecular complexity index is 174. The van der Waals surface area contributed by atoms with Crippen LogP contribution in [0.2, 0.25) is 0 Å². The molecule has 0 atom stereocenters. The quantitative estimate of drug-likeness (QED) is 0.560. The van der Waals surface area contributed by atoms with E-state index in [0.717, 1.165) is 5.92 Å². The molecule has 0 nitrogen and oxygen atoms in total. The summed E-state index contributed by atoms with van der Waals surface area (Å²) >= 11 is 5.76. The average molecular weight is 307 g/mol. The van der Waals surface area contributed by atoms with E-state index in [-0.39, 0.29) is 0 Å². The van der Waals surface area contributed by atoms with Crippen molar-refractivity contribution >= 4 is 27.7 Å². The number of thioether (sulfide) groups is 1. The van der Waals surface area contributed by atoms with Gasteiger partial charge in [-0.25, -0.2) is 0 Å². The van der Waals surface area contributed by atoms with E-state index in [1.54, 1.807) is 0 Å². The van der Waals surface area contributed by atoms with Crippen molar-refractivity contribution in [2.75, 3.05) is 17.3 Å². The SMILES string of the molecule is CCCCC1CCC(CBr)(CCSC)CC1. The molecule has 96 valence electrons. The van der Waals surface area contributed by atoms with Gasteiger partial charge in [-0.05, 0) is 55.4 Å². The van der Waals surface area contributed by atoms with Crippen LogP contribution < -0.4 is 0 Å². The van der Waals surface area contributed by atoms with Gasteiger partial charge in [0, 0.05) is 5.33 Å². The van der Waals surface area contributed by atoms with Crippen LogP contribution in [0.1, 0.15) is 58.3 Å². The summed E-state index contributed by atoms with van der Waals surface area (Å²) in [4.78, 5) is 0. The third kappa shape index (κ3) is 4.60. The first kappa shape index (κ1) is 14.9. The van der Waals surface area contributed by atoms with Gasteiger partial charge in [0.25, 0.3) is 0 Å². The minimum atomic E-state index is 0.645. The van der Waals surface area contributed by atoms with Crippen molar-refractivity contribution in [2.24, 2.45) is 11.3 Å². The van der Waals surface area contributed by atoms with Gasteiger partial charge in [0.1, 0.15) is 0 Å². The molecule has 0 N–H and O–H groups in total. The number of hydrogen-bond acceptors (Lipinski definition) is 1. The molecule has 0 unspecified atom stereocenters. The lowest BCUT2D eigenvalue weighted by molar-refractivity contribution is 0.165. The molecule has 1 saturated carbocycles. The summed E-state index contributed by atoms with van der Waals surface area (Å²) in [5.41, 5.74) is 0.645. The minimum Gasteiger partial charge on any atom is -0.165 e. The van der Waals surface area contributed by atoms with Crippen molar-refractivity contribution in [1.29, 1.82) is 0 Å². The first-order chi connectivity index (χ1) is 7.76. The van der Waals surface area contributed by atoms with Gasteiger partial charge < -0.3 is 0 Å². The zero-order chi connectivity index (χ0) is 11.9. The van der Waals surface area contributed by atoms with Crippen molar-refractivity contribution in [3.8, 4) is 0 Å². The van der Waals surface area contributed by atoms with Crippen molar-refractivity contribution in [3.05, 3.63) is 0 Å². The van der Waals surface area contributed by atoms with Crippen LogP contribution >= 0.6 is 27.7 Å². The third-order valence-electron chi connectivity index (χ3n) is 4.25. The third-order valence-corrected chi connectivity index (χ3v) is 6.05. The lowest BCUT2D eigenvalue weighted by Gasteiger charge is -2.39. The topological polar surface area (TPSA) is 0 Å². The number of halogens is 1. The summed E-state index contributed by atoms with van der Waals surface area (Å²) in [6.45, 7) is 2.31. The lowest BCUT2D eigenvalue weighted by Crippen LogP contribution is -2.29. The lowest BCUT2D eigenvalue weighted by atomic mass is 9.69. The van der Waals surface area contributed by atoms with Crippen molar-refractivity contribution < 1.29 is 0 Å². The summed E-state index contributed by atoms with van der Waals surface area (Å²) in [6, 6.07) is 0. The monoisotopic (exact) mass is 306 g/mol. The number of rotatable bonds is 7. The van der Waals surface area contributed by atoms with Crippen LogP contribution in [0.3, 0.4) is 0 Å². The fourth-order valence-corrected chi connectivity index (χ4v) is 4.32. The van der Waals surface area contributed by atoms with Gasteiger partial charge in [0.15, 0.2) is 0 Å². The first-order valence-corrected chi connectivity index (χ1v) is 9.33. The zero-order valence-electron chi connectivity index (χ0n) is 10.9. The first-order valence-electron chi connectivity index (χ1n) is 6.81. The number of hydrogen-bond donors (Lipinski definition) is 0. The normalized spacial score (nSPS) is 30.6. The largest absolute Gasteiger partial charge is 0.165 e. The second-order valence-corrected chi connectivity index (χ2v) is 7.01. The minimum absolute atomic E-state index is 0.645. The van der Waals surface area contributed by atoms with Gasteiger partial charge in [0.2, 0.25) is 0 Å². The molecule has 0 spiro atoms. The highest BCUT2D eigenvalue weighted by molar-refractivity contribution is 9.09. The van der Waals surface area contributed by atoms with Crippen LogP contribution in [0, 0.1) is 11.3 Å². The molecule has 0 aromatic heterocycles. The van der Waals surface area contributed by atoms with Gasteiger partial charge >= 0.3 is 0 Å². The predicted molar refractivity (Wildman–Crippen MR) is 80.7 cm³/mol. The van der Waals surface area contributed by atoms with Crippen LogP contribution in [0.5, 0.6) is 0 Å². The summed E-state index contributed by atoms with van der Waals surface area (Å²) in [6.07, 6.45) is 13.8. The fraction of sp³-hybridized carbons (Fsp3) is 1.00. The Kier molecular flexibility index (Phi) is 7.47. The summed E-state index contributed by atoms with van der Waals surface area (Å²) in [5, 5.41) is 1.22. The molecule has 0 aromatic rings. The molecule has 0 radical (unpaired) electrons. The van der Waals surface area contributed by atoms with E-state index in [2.05, 4.69) is 29.1 Å². The van der Waals surface area contributed by atoms with E-state index in [1.807, 2.05) is 11.8 Å². The highest BCUT2D eigenvalue weighted by atomic mass is 79.9. The molecule has 0 bridgehead atoms. The Morgan fingerprint density at radius 1 is 1.31 bits per heavy atom. The molecule has 2 heteroatoms. The van der Waals surface area contributed by atoms with Gasteiger partial charge in [-0.2, -0.15) is 11.8 Å². The van der Waals surface area contributed by atoms with Gasteiger partial charge in [-0.15, -0.1) is 0 Å². The molecule has 1 aliphatic rings. The Labute approximate surface area is 114 Å². The van der Waals surface area contributed by atoms with E-state index in [1.165, 1.54) is 62.4 Å². The molecule has 1 aliphatic carbocycles. The summed E-state index contributed by atoms with van der Waals surface area (Å²) < 4.78 is 0. The molecule has 0 aromatic carbocycles. The zero-order valence-corrected chi connectivity index (χ0v) is 13.3. The number of unbranched alkanes of at least 4 members (excludes halogenated alkanes) is 1. The van der Waals surface area contributed by atoms with Crippen molar-refractivity contribution in [2.45, 2.75) is 58.3 Å². The Morgan fingerprint density at radius 2 is 2.00 bits per heavy atom. The second-order valence-electron chi connectivity index (χ2n) is 5.46. The standard InChI is InChI=1S/C14H27BrS/c1-3-4-5-13-6-8-14(12-15,9-7-13)10-11-16-2/h13H,3-12H2,1-2H3. The average Bonchev–Trinajstić information content (AvgIpc) is 2.35. The molecule has 1 rings (SSSR count). The van der Waals surface area contributed by atoms with Crippen LogP contribution in [-0.4, -0.2) is 17.3 Å². The molecule has 0 saturated heterocycles. The molecule has 16 heavy (non-hydrogen) atoms. The maximum Gasteiger partial charge on any atom is 0.00882 e. The molecule has 1 fully saturated rings. The second kappa shape index (κ2) is 8.02. The highest BCUT2D eigenvalue weighted by Gasteiger charge is 2.33. The molecule has 0 amide bonds. The van der Waals surface area contributed by atoms with E-state index < -0.39 is 0 Å². The smallest absolute Gasteiger partial charge is 0.00882 e. The maximum absolute atomic E-state index is 3.76. The molecule has 0 aliphatic heterocycles. The molecule has 0 heterocycles. The highest BCUT2D eigenvalue weighted by Crippen LogP contribution is 2.44. The van der Waals surface area contributed by atoms with Crippen LogP contribution in [0.15, 0.2) is 0 Å².